The molecule has 164 valence electrons. The molecule has 0 aliphatic rings. The fraction of sp³-hybridized carbons (Fsp3) is 0.0909. The number of amides is 1. The highest BCUT2D eigenvalue weighted by Gasteiger charge is 2.29. The summed E-state index contributed by atoms with van der Waals surface area (Å²) in [6.45, 7) is 1.37. The van der Waals surface area contributed by atoms with Crippen molar-refractivity contribution in [1.82, 2.24) is 9.78 Å². The highest BCUT2D eigenvalue weighted by atomic mass is 35.5. The number of halogens is 6. The van der Waals surface area contributed by atoms with E-state index in [9.17, 15) is 26.7 Å². The largest absolute Gasteiger partial charge is 0.319 e. The number of nitrogens with one attached hydrogen (secondary N) is 1. The van der Waals surface area contributed by atoms with Gasteiger partial charge in [-0.15, -0.1) is 0 Å². The number of aromatic nitrogens is 2. The van der Waals surface area contributed by atoms with Crippen molar-refractivity contribution in [3.8, 4) is 11.3 Å². The summed E-state index contributed by atoms with van der Waals surface area (Å²) in [6, 6.07) is 12.7. The van der Waals surface area contributed by atoms with Crippen LogP contribution >= 0.6 is 11.6 Å². The second-order valence-corrected chi connectivity index (χ2v) is 7.37. The molecule has 1 N–H and O–H groups in total. The maximum absolute atomic E-state index is 14.0. The van der Waals surface area contributed by atoms with E-state index in [0.717, 1.165) is 5.56 Å². The van der Waals surface area contributed by atoms with Crippen LogP contribution in [-0.2, 0) is 4.79 Å². The van der Waals surface area contributed by atoms with Gasteiger partial charge in [0.25, 0.3) is 0 Å². The Hall–Kier alpha value is -3.46. The molecular formula is C22H13ClF5N3O. The Bertz CT molecular complexity index is 1330. The van der Waals surface area contributed by atoms with Crippen molar-refractivity contribution < 1.29 is 26.7 Å². The fourth-order valence-corrected chi connectivity index (χ4v) is 3.44. The minimum absolute atomic E-state index is 0.424. The maximum atomic E-state index is 14.0. The molecule has 1 heterocycles. The molecule has 10 heteroatoms. The van der Waals surface area contributed by atoms with Crippen LogP contribution in [0.1, 0.15) is 13.0 Å². The first-order valence-electron chi connectivity index (χ1n) is 9.26. The summed E-state index contributed by atoms with van der Waals surface area (Å²) in [7, 11) is 0. The predicted molar refractivity (Wildman–Crippen MR) is 110 cm³/mol. The van der Waals surface area contributed by atoms with Gasteiger partial charge in [0.05, 0.1) is 5.52 Å². The Morgan fingerprint density at radius 2 is 1.53 bits per heavy atom. The van der Waals surface area contributed by atoms with E-state index >= 15 is 0 Å². The molecule has 0 saturated heterocycles. The number of fused-ring (bicyclic) bond motifs is 1. The van der Waals surface area contributed by atoms with Crippen LogP contribution in [-0.4, -0.2) is 15.7 Å². The van der Waals surface area contributed by atoms with E-state index in [1.54, 1.807) is 47.8 Å². The first kappa shape index (κ1) is 21.8. The summed E-state index contributed by atoms with van der Waals surface area (Å²) >= 11 is 6.11. The standard InChI is InChI=1S/C22H13ClF5N3O/c1-10(22(32)29-21-18(27)16(25)15(24)17(26)19(21)28)31-14-8-7-12(23)9-13(14)20(30-31)11-5-3-2-4-6-11/h2-10H,1H3,(H,29,32)/t10-/m0/s1. The molecule has 3 aromatic carbocycles. The summed E-state index contributed by atoms with van der Waals surface area (Å²) in [5.74, 6) is -11.9. The number of carbonyl (C=O) groups excluding carboxylic acids is 1. The zero-order valence-corrected chi connectivity index (χ0v) is 17.0. The van der Waals surface area contributed by atoms with Gasteiger partial charge in [-0.25, -0.2) is 22.0 Å². The lowest BCUT2D eigenvalue weighted by Gasteiger charge is -2.15. The minimum atomic E-state index is -2.31. The Morgan fingerprint density at radius 3 is 2.16 bits per heavy atom. The molecule has 1 amide bonds. The van der Waals surface area contributed by atoms with Crippen molar-refractivity contribution in [3.63, 3.8) is 0 Å². The molecule has 0 fully saturated rings. The van der Waals surface area contributed by atoms with Gasteiger partial charge >= 0.3 is 0 Å². The van der Waals surface area contributed by atoms with E-state index in [1.165, 1.54) is 11.6 Å². The van der Waals surface area contributed by atoms with Crippen LogP contribution in [0.25, 0.3) is 22.2 Å². The van der Waals surface area contributed by atoms with Crippen LogP contribution in [0, 0.1) is 29.1 Å². The summed E-state index contributed by atoms with van der Waals surface area (Å²) in [6.07, 6.45) is 0. The number of anilines is 1. The van der Waals surface area contributed by atoms with Gasteiger partial charge in [0, 0.05) is 16.0 Å². The van der Waals surface area contributed by atoms with Gasteiger partial charge in [-0.05, 0) is 25.1 Å². The average Bonchev–Trinajstić information content (AvgIpc) is 3.17. The summed E-state index contributed by atoms with van der Waals surface area (Å²) in [5, 5.41) is 7.28. The second kappa shape index (κ2) is 8.23. The summed E-state index contributed by atoms with van der Waals surface area (Å²) < 4.78 is 69.5. The quantitative estimate of drug-likeness (QED) is 0.220. The number of hydrogen-bond donors (Lipinski definition) is 1. The van der Waals surface area contributed by atoms with Gasteiger partial charge in [-0.1, -0.05) is 41.9 Å². The van der Waals surface area contributed by atoms with Crippen molar-refractivity contribution in [2.45, 2.75) is 13.0 Å². The lowest BCUT2D eigenvalue weighted by atomic mass is 10.1. The predicted octanol–water partition coefficient (Wildman–Crippen LogP) is 6.25. The van der Waals surface area contributed by atoms with E-state index in [1.807, 2.05) is 6.07 Å². The minimum Gasteiger partial charge on any atom is -0.319 e. The second-order valence-electron chi connectivity index (χ2n) is 6.93. The van der Waals surface area contributed by atoms with E-state index in [4.69, 9.17) is 11.6 Å². The zero-order chi connectivity index (χ0) is 23.2. The fourth-order valence-electron chi connectivity index (χ4n) is 3.27. The Labute approximate surface area is 183 Å². The van der Waals surface area contributed by atoms with Crippen LogP contribution in [0.4, 0.5) is 27.6 Å². The van der Waals surface area contributed by atoms with Crippen LogP contribution in [0.2, 0.25) is 5.02 Å². The number of hydrogen-bond acceptors (Lipinski definition) is 2. The summed E-state index contributed by atoms with van der Waals surface area (Å²) in [5.41, 5.74) is 0.277. The molecule has 0 radical (unpaired) electrons. The van der Waals surface area contributed by atoms with Crippen LogP contribution < -0.4 is 5.32 Å². The van der Waals surface area contributed by atoms with E-state index in [2.05, 4.69) is 5.10 Å². The van der Waals surface area contributed by atoms with E-state index in [-0.39, 0.29) is 0 Å². The third-order valence-electron chi connectivity index (χ3n) is 4.92. The monoisotopic (exact) mass is 465 g/mol. The molecule has 0 aliphatic carbocycles. The molecule has 32 heavy (non-hydrogen) atoms. The van der Waals surface area contributed by atoms with Crippen LogP contribution in [0.3, 0.4) is 0 Å². The number of rotatable bonds is 4. The van der Waals surface area contributed by atoms with Gasteiger partial charge in [0.2, 0.25) is 11.7 Å². The normalized spacial score (nSPS) is 12.2. The van der Waals surface area contributed by atoms with Gasteiger partial charge in [0.1, 0.15) is 17.4 Å². The van der Waals surface area contributed by atoms with Crippen LogP contribution in [0.15, 0.2) is 48.5 Å². The van der Waals surface area contributed by atoms with Gasteiger partial charge in [-0.3, -0.25) is 9.48 Å². The highest BCUT2D eigenvalue weighted by molar-refractivity contribution is 6.31. The topological polar surface area (TPSA) is 46.9 Å². The molecule has 1 aromatic heterocycles. The molecule has 0 unspecified atom stereocenters. The van der Waals surface area contributed by atoms with E-state index < -0.39 is 46.7 Å². The molecule has 0 aliphatic heterocycles. The van der Waals surface area contributed by atoms with Crippen molar-refractivity contribution in [1.29, 1.82) is 0 Å². The molecular weight excluding hydrogens is 453 g/mol. The third-order valence-corrected chi connectivity index (χ3v) is 5.15. The van der Waals surface area contributed by atoms with Crippen molar-refractivity contribution >= 4 is 34.1 Å². The molecule has 4 aromatic rings. The first-order chi connectivity index (χ1) is 15.2. The van der Waals surface area contributed by atoms with Gasteiger partial charge in [0.15, 0.2) is 23.3 Å². The Balaban J connectivity index is 1.77. The number of nitrogens with zero attached hydrogens (tertiary/aromatic N) is 2. The van der Waals surface area contributed by atoms with Gasteiger partial charge < -0.3 is 5.32 Å². The van der Waals surface area contributed by atoms with Gasteiger partial charge in [-0.2, -0.15) is 5.10 Å². The summed E-state index contributed by atoms with van der Waals surface area (Å²) in [4.78, 5) is 12.7. The SMILES string of the molecule is C[C@@H](C(=O)Nc1c(F)c(F)c(F)c(F)c1F)n1nc(-c2ccccc2)c2cc(Cl)ccc21. The molecule has 4 nitrogen and oxygen atoms in total. The molecule has 0 saturated carbocycles. The van der Waals surface area contributed by atoms with E-state index in [0.29, 0.717) is 21.6 Å². The number of carbonyl (C=O) groups is 1. The maximum Gasteiger partial charge on any atom is 0.249 e. The van der Waals surface area contributed by atoms with Crippen molar-refractivity contribution in [2.24, 2.45) is 0 Å². The Morgan fingerprint density at radius 1 is 0.938 bits per heavy atom. The lowest BCUT2D eigenvalue weighted by Crippen LogP contribution is -2.26. The number of benzene rings is 3. The highest BCUT2D eigenvalue weighted by Crippen LogP contribution is 2.33. The third kappa shape index (κ3) is 3.58. The first-order valence-corrected chi connectivity index (χ1v) is 9.64. The van der Waals surface area contributed by atoms with Crippen molar-refractivity contribution in [2.75, 3.05) is 5.32 Å². The van der Waals surface area contributed by atoms with Crippen LogP contribution in [0.5, 0.6) is 0 Å². The Kier molecular flexibility index (Phi) is 5.60. The zero-order valence-electron chi connectivity index (χ0n) is 16.3. The smallest absolute Gasteiger partial charge is 0.249 e. The molecule has 0 spiro atoms. The lowest BCUT2D eigenvalue weighted by molar-refractivity contribution is -0.119. The van der Waals surface area contributed by atoms with Crippen molar-refractivity contribution in [3.05, 3.63) is 82.6 Å². The molecule has 0 bridgehead atoms. The molecule has 1 atom stereocenters. The molecule has 4 rings (SSSR count). The average molecular weight is 466 g/mol.